The summed E-state index contributed by atoms with van der Waals surface area (Å²) in [6.45, 7) is 6.83. The summed E-state index contributed by atoms with van der Waals surface area (Å²) in [6.07, 6.45) is 0. The molecule has 0 N–H and O–H groups in total. The number of nitrogens with zero attached hydrogens (tertiary/aromatic N) is 4. The number of hydrogen-bond acceptors (Lipinski definition) is 2. The first-order chi connectivity index (χ1) is 9.99. The maximum atomic E-state index is 6.33. The molecular weight excluding hydrogens is 284 g/mol. The Labute approximate surface area is 129 Å². The molecule has 0 bridgehead atoms. The molecule has 0 aliphatic carbocycles. The summed E-state index contributed by atoms with van der Waals surface area (Å²) in [5.74, 6) is 0.894. The van der Waals surface area contributed by atoms with E-state index in [1.807, 2.05) is 25.6 Å². The van der Waals surface area contributed by atoms with Gasteiger partial charge in [-0.1, -0.05) is 24.3 Å². The van der Waals surface area contributed by atoms with Gasteiger partial charge in [-0.05, 0) is 31.9 Å². The molecule has 3 rings (SSSR count). The number of rotatable bonds is 3. The Bertz CT molecular complexity index is 798. The molecule has 0 amide bonds. The Hall–Kier alpha value is -1.81. The van der Waals surface area contributed by atoms with Gasteiger partial charge in [-0.15, -0.1) is 11.6 Å². The van der Waals surface area contributed by atoms with Crippen molar-refractivity contribution in [1.29, 1.82) is 0 Å². The van der Waals surface area contributed by atoms with E-state index in [4.69, 9.17) is 16.6 Å². The highest BCUT2D eigenvalue weighted by molar-refractivity contribution is 6.20. The van der Waals surface area contributed by atoms with E-state index in [1.54, 1.807) is 0 Å². The predicted octanol–water partition coefficient (Wildman–Crippen LogP) is 3.73. The molecule has 0 aliphatic rings. The highest BCUT2D eigenvalue weighted by atomic mass is 35.5. The third-order valence-corrected chi connectivity index (χ3v) is 4.06. The minimum Gasteiger partial charge on any atom is -0.307 e. The van der Waals surface area contributed by atoms with Crippen LogP contribution in [0, 0.1) is 13.8 Å². The van der Waals surface area contributed by atoms with E-state index in [1.165, 1.54) is 11.1 Å². The van der Waals surface area contributed by atoms with E-state index in [0.717, 1.165) is 29.2 Å². The second-order valence-corrected chi connectivity index (χ2v) is 6.13. The molecule has 21 heavy (non-hydrogen) atoms. The van der Waals surface area contributed by atoms with Crippen LogP contribution in [0.2, 0.25) is 0 Å². The van der Waals surface area contributed by atoms with Gasteiger partial charge in [0.15, 0.2) is 5.65 Å². The Balaban J connectivity index is 2.20. The van der Waals surface area contributed by atoms with Crippen molar-refractivity contribution in [2.45, 2.75) is 32.7 Å². The van der Waals surface area contributed by atoms with E-state index in [9.17, 15) is 0 Å². The third kappa shape index (κ3) is 2.33. The van der Waals surface area contributed by atoms with Crippen molar-refractivity contribution in [3.05, 3.63) is 46.9 Å². The normalized spacial score (nSPS) is 13.0. The molecule has 0 spiro atoms. The predicted molar refractivity (Wildman–Crippen MR) is 85.8 cm³/mol. The number of hydrogen-bond donors (Lipinski definition) is 0. The number of aromatic nitrogens is 4. The quantitative estimate of drug-likeness (QED) is 0.691. The summed E-state index contributed by atoms with van der Waals surface area (Å²) in [5, 5.41) is 4.33. The zero-order valence-corrected chi connectivity index (χ0v) is 13.5. The van der Waals surface area contributed by atoms with Gasteiger partial charge >= 0.3 is 0 Å². The fourth-order valence-corrected chi connectivity index (χ4v) is 2.94. The highest BCUT2D eigenvalue weighted by Gasteiger charge is 2.20. The minimum absolute atomic E-state index is 0.138. The summed E-state index contributed by atoms with van der Waals surface area (Å²) >= 11 is 6.33. The molecule has 0 saturated carbocycles. The summed E-state index contributed by atoms with van der Waals surface area (Å²) in [7, 11) is 1.95. The number of benzene rings is 1. The van der Waals surface area contributed by atoms with Gasteiger partial charge in [0.05, 0.1) is 17.6 Å². The van der Waals surface area contributed by atoms with Gasteiger partial charge in [-0.25, -0.2) is 4.98 Å². The Morgan fingerprint density at radius 3 is 2.62 bits per heavy atom. The smallest absolute Gasteiger partial charge is 0.159 e. The lowest BCUT2D eigenvalue weighted by Crippen LogP contribution is -2.09. The largest absolute Gasteiger partial charge is 0.307 e. The van der Waals surface area contributed by atoms with E-state index in [0.29, 0.717) is 0 Å². The molecular formula is C16H19ClN4. The molecule has 0 saturated heterocycles. The van der Waals surface area contributed by atoms with Crippen molar-refractivity contribution in [2.24, 2.45) is 7.05 Å². The van der Waals surface area contributed by atoms with Crippen LogP contribution in [0.3, 0.4) is 0 Å². The van der Waals surface area contributed by atoms with Gasteiger partial charge in [-0.3, -0.25) is 4.68 Å². The molecule has 4 nitrogen and oxygen atoms in total. The molecule has 110 valence electrons. The summed E-state index contributed by atoms with van der Waals surface area (Å²) in [4.78, 5) is 4.71. The van der Waals surface area contributed by atoms with Crippen molar-refractivity contribution < 1.29 is 0 Å². The van der Waals surface area contributed by atoms with Crippen molar-refractivity contribution >= 4 is 22.8 Å². The van der Waals surface area contributed by atoms with Crippen LogP contribution >= 0.6 is 11.6 Å². The average Bonchev–Trinajstić information content (AvgIpc) is 2.92. The Kier molecular flexibility index (Phi) is 3.49. The second-order valence-electron chi connectivity index (χ2n) is 5.48. The topological polar surface area (TPSA) is 35.6 Å². The molecule has 5 heteroatoms. The van der Waals surface area contributed by atoms with Crippen LogP contribution in [0.25, 0.3) is 11.2 Å². The van der Waals surface area contributed by atoms with Gasteiger partial charge < -0.3 is 4.57 Å². The maximum Gasteiger partial charge on any atom is 0.159 e. The summed E-state index contributed by atoms with van der Waals surface area (Å²) in [5.41, 5.74) is 5.45. The van der Waals surface area contributed by atoms with Crippen LogP contribution in [-0.4, -0.2) is 19.3 Å². The first kappa shape index (κ1) is 14.1. The van der Waals surface area contributed by atoms with E-state index < -0.39 is 0 Å². The number of imidazole rings is 1. The molecule has 3 aromatic rings. The first-order valence-electron chi connectivity index (χ1n) is 7.07. The van der Waals surface area contributed by atoms with E-state index in [2.05, 4.69) is 40.9 Å². The zero-order valence-electron chi connectivity index (χ0n) is 12.8. The van der Waals surface area contributed by atoms with Crippen LogP contribution in [0.15, 0.2) is 24.3 Å². The molecule has 2 aromatic heterocycles. The standard InChI is InChI=1S/C16H19ClN4/c1-10-7-5-6-8-13(10)9-21-15(11(2)17)18-14-12(3)19-20(4)16(14)21/h5-8,11H,9H2,1-4H3. The van der Waals surface area contributed by atoms with Gasteiger partial charge in [0, 0.05) is 7.05 Å². The monoisotopic (exact) mass is 302 g/mol. The molecule has 1 atom stereocenters. The first-order valence-corrected chi connectivity index (χ1v) is 7.51. The van der Waals surface area contributed by atoms with Crippen LogP contribution in [0.4, 0.5) is 0 Å². The highest BCUT2D eigenvalue weighted by Crippen LogP contribution is 2.27. The number of fused-ring (bicyclic) bond motifs is 1. The fourth-order valence-electron chi connectivity index (χ4n) is 2.77. The SMILES string of the molecule is Cc1ccccc1Cn1c(C(C)Cl)nc2c(C)nn(C)c21. The number of alkyl halides is 1. The Morgan fingerprint density at radius 2 is 1.95 bits per heavy atom. The van der Waals surface area contributed by atoms with Gasteiger partial charge in [0.25, 0.3) is 0 Å². The lowest BCUT2D eigenvalue weighted by Gasteiger charge is -2.12. The van der Waals surface area contributed by atoms with Crippen molar-refractivity contribution in [2.75, 3.05) is 0 Å². The molecule has 0 aliphatic heterocycles. The molecule has 0 fully saturated rings. The summed E-state index contributed by atoms with van der Waals surface area (Å²) in [6, 6.07) is 8.39. The van der Waals surface area contributed by atoms with Crippen molar-refractivity contribution in [1.82, 2.24) is 19.3 Å². The fraction of sp³-hybridized carbons (Fsp3) is 0.375. The average molecular weight is 303 g/mol. The lowest BCUT2D eigenvalue weighted by atomic mass is 10.1. The van der Waals surface area contributed by atoms with Crippen molar-refractivity contribution in [3.8, 4) is 0 Å². The lowest BCUT2D eigenvalue weighted by molar-refractivity contribution is 0.685. The van der Waals surface area contributed by atoms with Gasteiger partial charge in [0.1, 0.15) is 11.3 Å². The van der Waals surface area contributed by atoms with Crippen LogP contribution < -0.4 is 0 Å². The van der Waals surface area contributed by atoms with E-state index in [-0.39, 0.29) is 5.38 Å². The van der Waals surface area contributed by atoms with Crippen LogP contribution in [0.1, 0.15) is 34.9 Å². The number of aryl methyl sites for hydroxylation is 3. The molecule has 1 unspecified atom stereocenters. The molecule has 0 radical (unpaired) electrons. The van der Waals surface area contributed by atoms with Gasteiger partial charge in [-0.2, -0.15) is 5.10 Å². The molecule has 1 aromatic carbocycles. The maximum absolute atomic E-state index is 6.33. The Morgan fingerprint density at radius 1 is 1.24 bits per heavy atom. The third-order valence-electron chi connectivity index (χ3n) is 3.87. The summed E-state index contributed by atoms with van der Waals surface area (Å²) < 4.78 is 4.06. The second kappa shape index (κ2) is 5.19. The van der Waals surface area contributed by atoms with E-state index >= 15 is 0 Å². The zero-order chi connectivity index (χ0) is 15.1. The van der Waals surface area contributed by atoms with Crippen LogP contribution in [0.5, 0.6) is 0 Å². The number of halogens is 1. The van der Waals surface area contributed by atoms with Crippen molar-refractivity contribution in [3.63, 3.8) is 0 Å². The minimum atomic E-state index is -0.138. The molecule has 2 heterocycles. The van der Waals surface area contributed by atoms with Crippen LogP contribution in [-0.2, 0) is 13.6 Å². The van der Waals surface area contributed by atoms with Gasteiger partial charge in [0.2, 0.25) is 0 Å².